The summed E-state index contributed by atoms with van der Waals surface area (Å²) >= 11 is 0. The van der Waals surface area contributed by atoms with Crippen molar-refractivity contribution in [3.05, 3.63) is 15.3 Å². The van der Waals surface area contributed by atoms with Crippen LogP contribution in [0.1, 0.15) is 0 Å². The summed E-state index contributed by atoms with van der Waals surface area (Å²) in [5.41, 5.74) is 0. The average Bonchev–Trinajstić information content (AvgIpc) is 0.811. The van der Waals surface area contributed by atoms with Gasteiger partial charge in [0.2, 0.25) is 0 Å². The van der Waals surface area contributed by atoms with Gasteiger partial charge < -0.3 is 20.8 Å². The molecule has 0 saturated carbocycles. The number of hydrogen-bond donors (Lipinski definition) is 0. The summed E-state index contributed by atoms with van der Waals surface area (Å²) in [4.78, 5) is 8.25. The van der Waals surface area contributed by atoms with Gasteiger partial charge in [0.1, 0.15) is 0 Å². The molecule has 1 radical (unpaired) electrons. The van der Waals surface area contributed by atoms with Crippen LogP contribution < -0.4 is 0 Å². The maximum atomic E-state index is 8.25. The van der Waals surface area contributed by atoms with E-state index in [9.17, 15) is 0 Å². The normalized spacial score (nSPS) is 4.00. The van der Waals surface area contributed by atoms with Crippen LogP contribution in [0.2, 0.25) is 0 Å². The maximum Gasteiger partial charge on any atom is 0.0689 e. The summed E-state index contributed by atoms with van der Waals surface area (Å²) in [7, 11) is 0. The molecule has 0 fully saturated rings. The molecule has 0 amide bonds. The van der Waals surface area contributed by atoms with Gasteiger partial charge in [-0.1, -0.05) is 0 Å². The first-order valence-electron chi connectivity index (χ1n) is 0.548. The van der Waals surface area contributed by atoms with Gasteiger partial charge in [-0.15, -0.1) is 0 Å². The van der Waals surface area contributed by atoms with E-state index in [1.165, 1.54) is 0 Å². The Morgan fingerprint density at radius 2 is 1.33 bits per heavy atom. The van der Waals surface area contributed by atoms with Crippen molar-refractivity contribution >= 4 is 0 Å². The largest absolute Gasteiger partial charge is 0.412 e. The van der Waals surface area contributed by atoms with Gasteiger partial charge in [-0.25, -0.2) is 0 Å². The van der Waals surface area contributed by atoms with Gasteiger partial charge in [-0.05, 0) is 0 Å². The van der Waals surface area contributed by atoms with Crippen molar-refractivity contribution in [3.8, 4) is 0 Å². The Morgan fingerprint density at radius 3 is 1.33 bits per heavy atom. The molecular weight excluding hydrogens is 253 g/mol. The third kappa shape index (κ3) is 326. The average molecular weight is 255 g/mol. The Balaban J connectivity index is -0.0000000450. The fourth-order valence-electron chi connectivity index (χ4n) is 0. The molecule has 0 atom stereocenters. The summed E-state index contributed by atoms with van der Waals surface area (Å²) in [6, 6.07) is 0. The van der Waals surface area contributed by atoms with Crippen molar-refractivity contribution in [2.45, 2.75) is 0 Å². The Kier molecular flexibility index (Phi) is 24.3. The zero-order chi connectivity index (χ0) is 3.58. The van der Waals surface area contributed by atoms with Gasteiger partial charge >= 0.3 is 0 Å². The third-order valence-electron chi connectivity index (χ3n) is 0. The van der Waals surface area contributed by atoms with Crippen LogP contribution in [0.5, 0.6) is 0 Å². The molecule has 0 aromatic rings. The Bertz CT molecular complexity index is 30.5. The van der Waals surface area contributed by atoms with Crippen LogP contribution in [0.25, 0.3) is 0 Å². The van der Waals surface area contributed by atoms with E-state index in [0.29, 0.717) is 0 Å². The summed E-state index contributed by atoms with van der Waals surface area (Å²) < 4.78 is 0. The van der Waals surface area contributed by atoms with Gasteiger partial charge in [-0.2, -0.15) is 0 Å². The molecule has 6 heteroatoms. The van der Waals surface area contributed by atoms with Crippen molar-refractivity contribution in [1.82, 2.24) is 0 Å². The van der Waals surface area contributed by atoms with Crippen molar-refractivity contribution in [2.75, 3.05) is 0 Å². The molecule has 0 aliphatic heterocycles. The number of rotatable bonds is 0. The summed E-state index contributed by atoms with van der Waals surface area (Å²) in [6.45, 7) is 0. The third-order valence-corrected chi connectivity index (χ3v) is 0. The minimum atomic E-state index is -1.75. The molecule has 0 heterocycles. The molecule has 0 bridgehead atoms. The molecule has 0 aliphatic carbocycles. The van der Waals surface area contributed by atoms with E-state index in [0.717, 1.165) is 0 Å². The molecule has 6 heavy (non-hydrogen) atoms. The molecule has 5 nitrogen and oxygen atoms in total. The van der Waals surface area contributed by atoms with Crippen LogP contribution in [0.15, 0.2) is 0 Å². The van der Waals surface area contributed by atoms with Crippen LogP contribution in [-0.2, 0) is 0 Å². The first-order valence-corrected chi connectivity index (χ1v) is 0.548. The smallest absolute Gasteiger partial charge is 0.0689 e. The van der Waals surface area contributed by atoms with E-state index >= 15 is 0 Å². The Morgan fingerprint density at radius 1 is 1.33 bits per heavy atom. The van der Waals surface area contributed by atoms with Crippen LogP contribution in [0.4, 0.5) is 0 Å². The first kappa shape index (κ1) is 16.2. The molecule has 47 valence electrons. The minimum Gasteiger partial charge on any atom is -0.412 e. The Hall–Kier alpha value is 0.394. The molecule has 0 aromatic heterocycles. The van der Waals surface area contributed by atoms with Crippen LogP contribution >= 0.6 is 0 Å². The summed E-state index contributed by atoms with van der Waals surface area (Å²) in [5, 5.41) is 14.8. The first-order chi connectivity index (χ1) is 1.73. The van der Waals surface area contributed by atoms with Crippen molar-refractivity contribution in [2.24, 2.45) is 0 Å². The van der Waals surface area contributed by atoms with Crippen molar-refractivity contribution in [1.29, 1.82) is 0 Å². The quantitative estimate of drug-likeness (QED) is 0.407. The van der Waals surface area contributed by atoms with E-state index in [-0.39, 0.29) is 42.4 Å². The van der Waals surface area contributed by atoms with Gasteiger partial charge in [0.15, 0.2) is 0 Å². The van der Waals surface area contributed by atoms with E-state index < -0.39 is 5.09 Å². The standard InChI is InChI=1S/Lu.NO3.H2O/c;2-1(3)4;/h;;1H2/q;-1;. The molecular formula is H2LuNO4-. The Labute approximate surface area is 62.6 Å². The van der Waals surface area contributed by atoms with Crippen LogP contribution in [0.3, 0.4) is 0 Å². The van der Waals surface area contributed by atoms with Crippen LogP contribution in [-0.4, -0.2) is 10.6 Å². The second kappa shape index (κ2) is 9.04. The minimum absolute atomic E-state index is 0. The van der Waals surface area contributed by atoms with E-state index in [1.807, 2.05) is 0 Å². The predicted octanol–water partition coefficient (Wildman–Crippen LogP) is -1.06. The van der Waals surface area contributed by atoms with Crippen molar-refractivity contribution in [3.63, 3.8) is 0 Å². The molecule has 0 spiro atoms. The van der Waals surface area contributed by atoms with E-state index in [2.05, 4.69) is 0 Å². The second-order valence-corrected chi connectivity index (χ2v) is 0.224. The SMILES string of the molecule is O.O=[N+]([O-])[O-].[Lu]. The molecule has 0 aliphatic rings. The molecule has 0 rings (SSSR count). The maximum absolute atomic E-state index is 8.25. The van der Waals surface area contributed by atoms with Crippen LogP contribution in [0, 0.1) is 52.2 Å². The monoisotopic (exact) mass is 255 g/mol. The zero-order valence-corrected chi connectivity index (χ0v) is 4.09. The molecule has 2 N–H and O–H groups in total. The summed E-state index contributed by atoms with van der Waals surface area (Å²) in [5.74, 6) is 0. The molecule has 0 unspecified atom stereocenters. The second-order valence-electron chi connectivity index (χ2n) is 0.224. The molecule has 0 saturated heterocycles. The van der Waals surface area contributed by atoms with E-state index in [1.54, 1.807) is 0 Å². The van der Waals surface area contributed by atoms with E-state index in [4.69, 9.17) is 15.3 Å². The molecule has 0 aromatic carbocycles. The zero-order valence-electron chi connectivity index (χ0n) is 2.43. The van der Waals surface area contributed by atoms with Crippen molar-refractivity contribution < 1.29 is 47.4 Å². The van der Waals surface area contributed by atoms with Gasteiger partial charge in [0, 0.05) is 36.9 Å². The number of nitrogens with zero attached hydrogens (tertiary/aromatic N) is 1. The van der Waals surface area contributed by atoms with Gasteiger partial charge in [0.05, 0.1) is 5.09 Å². The fourth-order valence-corrected chi connectivity index (χ4v) is 0. The number of hydrogen-bond acceptors (Lipinski definition) is 3. The van der Waals surface area contributed by atoms with Gasteiger partial charge in [-0.3, -0.25) is 0 Å². The summed E-state index contributed by atoms with van der Waals surface area (Å²) in [6.07, 6.45) is 0. The predicted molar refractivity (Wildman–Crippen MR) is 14.0 cm³/mol. The van der Waals surface area contributed by atoms with Gasteiger partial charge in [0.25, 0.3) is 0 Å². The topological polar surface area (TPSA) is 97.7 Å². The fraction of sp³-hybridized carbons (Fsp3) is 0.